The van der Waals surface area contributed by atoms with E-state index in [-0.39, 0.29) is 18.4 Å². The molecule has 0 amide bonds. The van der Waals surface area contributed by atoms with Crippen molar-refractivity contribution < 1.29 is 19.1 Å². The highest BCUT2D eigenvalue weighted by molar-refractivity contribution is 7.07. The van der Waals surface area contributed by atoms with Crippen LogP contribution in [0.1, 0.15) is 83.3 Å². The second-order valence-electron chi connectivity index (χ2n) is 5.92. The SMILES string of the molecule is CCCCCCCCCC(=O)O[C@H](CC(=O)OCC)c1ccsc1. The smallest absolute Gasteiger partial charge is 0.309 e. The van der Waals surface area contributed by atoms with Gasteiger partial charge in [0, 0.05) is 12.0 Å². The van der Waals surface area contributed by atoms with Crippen molar-refractivity contribution in [3.8, 4) is 0 Å². The summed E-state index contributed by atoms with van der Waals surface area (Å²) in [6, 6.07) is 1.88. The van der Waals surface area contributed by atoms with Crippen molar-refractivity contribution in [1.82, 2.24) is 0 Å². The highest BCUT2D eigenvalue weighted by atomic mass is 32.1. The highest BCUT2D eigenvalue weighted by Crippen LogP contribution is 2.25. The van der Waals surface area contributed by atoms with Crippen molar-refractivity contribution in [2.75, 3.05) is 6.61 Å². The van der Waals surface area contributed by atoms with Gasteiger partial charge in [-0.25, -0.2) is 0 Å². The molecule has 0 radical (unpaired) electrons. The molecule has 1 rings (SSSR count). The zero-order valence-corrected chi connectivity index (χ0v) is 15.7. The Kier molecular flexibility index (Phi) is 11.2. The van der Waals surface area contributed by atoms with E-state index in [1.54, 1.807) is 6.92 Å². The molecule has 0 N–H and O–H groups in total. The second-order valence-corrected chi connectivity index (χ2v) is 6.70. The van der Waals surface area contributed by atoms with Gasteiger partial charge < -0.3 is 9.47 Å². The maximum atomic E-state index is 12.1. The molecule has 4 nitrogen and oxygen atoms in total. The molecule has 1 aromatic heterocycles. The lowest BCUT2D eigenvalue weighted by Crippen LogP contribution is -2.16. The van der Waals surface area contributed by atoms with Gasteiger partial charge in [-0.1, -0.05) is 45.4 Å². The molecule has 0 saturated carbocycles. The topological polar surface area (TPSA) is 52.6 Å². The molecule has 0 saturated heterocycles. The van der Waals surface area contributed by atoms with Gasteiger partial charge in [0.1, 0.15) is 6.10 Å². The Morgan fingerprint density at radius 3 is 2.38 bits per heavy atom. The predicted molar refractivity (Wildman–Crippen MR) is 97.0 cm³/mol. The third-order valence-corrected chi connectivity index (χ3v) is 4.53. The molecule has 0 aromatic carbocycles. The van der Waals surface area contributed by atoms with Crippen molar-refractivity contribution in [3.05, 3.63) is 22.4 Å². The Hall–Kier alpha value is -1.36. The van der Waals surface area contributed by atoms with Gasteiger partial charge in [-0.15, -0.1) is 0 Å². The van der Waals surface area contributed by atoms with E-state index in [0.29, 0.717) is 13.0 Å². The number of carbonyl (C=O) groups is 2. The standard InChI is InChI=1S/C19H30O4S/c1-3-5-6-7-8-9-10-11-18(20)23-17(14-19(21)22-4-2)16-12-13-24-15-16/h12-13,15,17H,3-11,14H2,1-2H3/t17-/m1/s1. The van der Waals surface area contributed by atoms with Crippen LogP contribution in [0.5, 0.6) is 0 Å². The number of rotatable bonds is 13. The fourth-order valence-corrected chi connectivity index (χ4v) is 3.20. The Balaban J connectivity index is 2.32. The maximum absolute atomic E-state index is 12.1. The van der Waals surface area contributed by atoms with Gasteiger partial charge in [-0.05, 0) is 30.2 Å². The summed E-state index contributed by atoms with van der Waals surface area (Å²) in [6.07, 6.45) is 8.08. The Morgan fingerprint density at radius 2 is 1.75 bits per heavy atom. The van der Waals surface area contributed by atoms with Crippen LogP contribution >= 0.6 is 11.3 Å². The molecular formula is C19H30O4S. The van der Waals surface area contributed by atoms with Crippen LogP contribution in [0.2, 0.25) is 0 Å². The van der Waals surface area contributed by atoms with Crippen LogP contribution < -0.4 is 0 Å². The average Bonchev–Trinajstić information content (AvgIpc) is 3.08. The lowest BCUT2D eigenvalue weighted by molar-refractivity contribution is -0.155. The van der Waals surface area contributed by atoms with Crippen LogP contribution in [-0.2, 0) is 19.1 Å². The number of carbonyl (C=O) groups excluding carboxylic acids is 2. The molecule has 0 spiro atoms. The molecule has 0 fully saturated rings. The summed E-state index contributed by atoms with van der Waals surface area (Å²) in [7, 11) is 0. The molecule has 24 heavy (non-hydrogen) atoms. The fourth-order valence-electron chi connectivity index (χ4n) is 2.50. The first-order valence-corrected chi connectivity index (χ1v) is 9.98. The Labute approximate surface area is 149 Å². The van der Waals surface area contributed by atoms with Gasteiger partial charge in [0.15, 0.2) is 0 Å². The second kappa shape index (κ2) is 13.0. The summed E-state index contributed by atoms with van der Waals surface area (Å²) in [5.41, 5.74) is 0.862. The molecule has 5 heteroatoms. The lowest BCUT2D eigenvalue weighted by atomic mass is 10.1. The highest BCUT2D eigenvalue weighted by Gasteiger charge is 2.21. The number of ether oxygens (including phenoxy) is 2. The van der Waals surface area contributed by atoms with Crippen molar-refractivity contribution in [2.45, 2.75) is 77.7 Å². The number of hydrogen-bond acceptors (Lipinski definition) is 5. The van der Waals surface area contributed by atoms with E-state index in [1.807, 2.05) is 16.8 Å². The van der Waals surface area contributed by atoms with Gasteiger partial charge in [0.05, 0.1) is 13.0 Å². The fraction of sp³-hybridized carbons (Fsp3) is 0.684. The molecule has 1 aromatic rings. The molecule has 1 atom stereocenters. The summed E-state index contributed by atoms with van der Waals surface area (Å²) in [5.74, 6) is -0.568. The van der Waals surface area contributed by atoms with Crippen LogP contribution in [0, 0.1) is 0 Å². The van der Waals surface area contributed by atoms with Crippen LogP contribution in [-0.4, -0.2) is 18.5 Å². The van der Waals surface area contributed by atoms with E-state index in [0.717, 1.165) is 18.4 Å². The van der Waals surface area contributed by atoms with Crippen molar-refractivity contribution in [3.63, 3.8) is 0 Å². The minimum absolute atomic E-state index is 0.0767. The predicted octanol–water partition coefficient (Wildman–Crippen LogP) is 5.43. The average molecular weight is 355 g/mol. The number of esters is 2. The normalized spacial score (nSPS) is 11.9. The molecule has 0 aliphatic heterocycles. The van der Waals surface area contributed by atoms with E-state index < -0.39 is 6.10 Å². The molecule has 0 aliphatic carbocycles. The zero-order valence-electron chi connectivity index (χ0n) is 14.9. The van der Waals surface area contributed by atoms with Gasteiger partial charge >= 0.3 is 11.9 Å². The third-order valence-electron chi connectivity index (χ3n) is 3.83. The number of hydrogen-bond donors (Lipinski definition) is 0. The lowest BCUT2D eigenvalue weighted by Gasteiger charge is -2.16. The quantitative estimate of drug-likeness (QED) is 0.350. The third kappa shape index (κ3) is 9.06. The first kappa shape index (κ1) is 20.7. The summed E-state index contributed by atoms with van der Waals surface area (Å²) < 4.78 is 10.5. The van der Waals surface area contributed by atoms with E-state index in [1.165, 1.54) is 43.4 Å². The first-order chi connectivity index (χ1) is 11.7. The minimum Gasteiger partial charge on any atom is -0.466 e. The monoisotopic (exact) mass is 354 g/mol. The zero-order chi connectivity index (χ0) is 17.6. The van der Waals surface area contributed by atoms with Gasteiger partial charge in [0.25, 0.3) is 0 Å². The molecule has 136 valence electrons. The Morgan fingerprint density at radius 1 is 1.04 bits per heavy atom. The van der Waals surface area contributed by atoms with Gasteiger partial charge in [-0.2, -0.15) is 11.3 Å². The summed E-state index contributed by atoms with van der Waals surface area (Å²) in [4.78, 5) is 23.8. The first-order valence-electron chi connectivity index (χ1n) is 9.04. The number of unbranched alkanes of at least 4 members (excludes halogenated alkanes) is 6. The summed E-state index contributed by atoms with van der Waals surface area (Å²) in [5, 5.41) is 3.82. The van der Waals surface area contributed by atoms with Crippen LogP contribution in [0.4, 0.5) is 0 Å². The molecule has 1 heterocycles. The van der Waals surface area contributed by atoms with Crippen molar-refractivity contribution in [1.29, 1.82) is 0 Å². The largest absolute Gasteiger partial charge is 0.466 e. The Bertz CT molecular complexity index is 456. The van der Waals surface area contributed by atoms with Crippen LogP contribution in [0.25, 0.3) is 0 Å². The minimum atomic E-state index is -0.535. The van der Waals surface area contributed by atoms with Gasteiger partial charge in [-0.3, -0.25) is 9.59 Å². The van der Waals surface area contributed by atoms with Gasteiger partial charge in [0.2, 0.25) is 0 Å². The van der Waals surface area contributed by atoms with Crippen molar-refractivity contribution in [2.24, 2.45) is 0 Å². The van der Waals surface area contributed by atoms with E-state index in [2.05, 4.69) is 6.92 Å². The molecule has 0 bridgehead atoms. The van der Waals surface area contributed by atoms with E-state index in [9.17, 15) is 9.59 Å². The molecule has 0 unspecified atom stereocenters. The van der Waals surface area contributed by atoms with E-state index in [4.69, 9.17) is 9.47 Å². The molecule has 0 aliphatic rings. The van der Waals surface area contributed by atoms with Crippen LogP contribution in [0.15, 0.2) is 16.8 Å². The van der Waals surface area contributed by atoms with Crippen LogP contribution in [0.3, 0.4) is 0 Å². The van der Waals surface area contributed by atoms with E-state index >= 15 is 0 Å². The number of thiophene rings is 1. The van der Waals surface area contributed by atoms with Crippen molar-refractivity contribution >= 4 is 23.3 Å². The molecular weight excluding hydrogens is 324 g/mol. The summed E-state index contributed by atoms with van der Waals surface area (Å²) in [6.45, 7) is 4.31. The summed E-state index contributed by atoms with van der Waals surface area (Å²) >= 11 is 1.52. The maximum Gasteiger partial charge on any atom is 0.309 e.